The van der Waals surface area contributed by atoms with Crippen molar-refractivity contribution in [1.29, 1.82) is 0 Å². The fourth-order valence-electron chi connectivity index (χ4n) is 1.45. The van der Waals surface area contributed by atoms with Gasteiger partial charge in [-0.15, -0.1) is 0 Å². The van der Waals surface area contributed by atoms with Gasteiger partial charge in [0.1, 0.15) is 5.75 Å². The van der Waals surface area contributed by atoms with Gasteiger partial charge in [0.15, 0.2) is 0 Å². The van der Waals surface area contributed by atoms with Gasteiger partial charge in [0.2, 0.25) is 0 Å². The first-order chi connectivity index (χ1) is 10.8. The number of non-ortho nitro benzene ring substituents is 1. The number of carbonyl (C=O) groups excluding carboxylic acids is 2. The largest absolute Gasteiger partial charge is 0.434 e. The highest BCUT2D eigenvalue weighted by atomic mass is 16.6. The van der Waals surface area contributed by atoms with Crippen molar-refractivity contribution >= 4 is 17.8 Å². The van der Waals surface area contributed by atoms with Crippen molar-refractivity contribution in [1.82, 2.24) is 15.3 Å². The van der Waals surface area contributed by atoms with Crippen molar-refractivity contribution in [2.24, 2.45) is 5.73 Å². The molecule has 23 heavy (non-hydrogen) atoms. The number of carbonyl (C=O) groups is 2. The maximum absolute atomic E-state index is 12.1. The van der Waals surface area contributed by atoms with Gasteiger partial charge < -0.3 is 15.4 Å². The lowest BCUT2D eigenvalue weighted by molar-refractivity contribution is -0.384. The summed E-state index contributed by atoms with van der Waals surface area (Å²) < 4.78 is 5.08. The van der Waals surface area contributed by atoms with Crippen molar-refractivity contribution < 1.29 is 19.2 Å². The Morgan fingerprint density at radius 2 is 1.91 bits per heavy atom. The van der Waals surface area contributed by atoms with E-state index in [1.165, 1.54) is 43.3 Å². The van der Waals surface area contributed by atoms with Crippen molar-refractivity contribution in [2.75, 3.05) is 27.2 Å². The van der Waals surface area contributed by atoms with Gasteiger partial charge in [-0.1, -0.05) is 0 Å². The molecule has 0 bridgehead atoms. The Morgan fingerprint density at radius 3 is 2.39 bits per heavy atom. The lowest BCUT2D eigenvalue weighted by Gasteiger charge is -2.24. The van der Waals surface area contributed by atoms with E-state index < -0.39 is 17.0 Å². The van der Waals surface area contributed by atoms with Crippen LogP contribution in [-0.4, -0.2) is 54.1 Å². The molecule has 10 nitrogen and oxygen atoms in total. The Morgan fingerprint density at radius 1 is 1.30 bits per heavy atom. The average Bonchev–Trinajstić information content (AvgIpc) is 2.51. The number of nitro benzene ring substituents is 1. The monoisotopic (exact) mass is 325 g/mol. The number of nitrogens with two attached hydrogens (primary N) is 1. The first-order valence-electron chi connectivity index (χ1n) is 6.77. The summed E-state index contributed by atoms with van der Waals surface area (Å²) in [6.07, 6.45) is -0.356. The maximum atomic E-state index is 12.1. The minimum absolute atomic E-state index is 0.120. The first-order valence-corrected chi connectivity index (χ1v) is 6.77. The van der Waals surface area contributed by atoms with Gasteiger partial charge in [-0.25, -0.2) is 20.0 Å². The lowest BCUT2D eigenvalue weighted by atomic mass is 10.3. The van der Waals surface area contributed by atoms with Crippen LogP contribution in [0.1, 0.15) is 6.42 Å². The van der Waals surface area contributed by atoms with Crippen LogP contribution >= 0.6 is 0 Å². The third-order valence-corrected chi connectivity index (χ3v) is 2.70. The fourth-order valence-corrected chi connectivity index (χ4v) is 1.45. The second-order valence-electron chi connectivity index (χ2n) is 4.72. The van der Waals surface area contributed by atoms with Crippen LogP contribution in [0.5, 0.6) is 5.75 Å². The van der Waals surface area contributed by atoms with Crippen LogP contribution in [0.15, 0.2) is 24.3 Å². The predicted octanol–water partition coefficient (Wildman–Crippen LogP) is 0.931. The number of rotatable bonds is 5. The molecule has 0 saturated heterocycles. The van der Waals surface area contributed by atoms with Crippen molar-refractivity contribution in [3.05, 3.63) is 34.4 Å². The zero-order chi connectivity index (χ0) is 17.4. The molecule has 1 aromatic carbocycles. The molecule has 10 heteroatoms. The summed E-state index contributed by atoms with van der Waals surface area (Å²) >= 11 is 0. The number of nitrogens with one attached hydrogen (secondary N) is 1. The number of hydrogen-bond acceptors (Lipinski definition) is 6. The highest BCUT2D eigenvalue weighted by molar-refractivity contribution is 5.78. The summed E-state index contributed by atoms with van der Waals surface area (Å²) in [5.41, 5.74) is 7.66. The predicted molar refractivity (Wildman–Crippen MR) is 81.7 cm³/mol. The molecule has 0 aliphatic carbocycles. The molecule has 0 heterocycles. The molecular formula is C13H19N5O5. The van der Waals surface area contributed by atoms with Gasteiger partial charge in [0.25, 0.3) is 5.69 Å². The first kappa shape index (κ1) is 18.2. The summed E-state index contributed by atoms with van der Waals surface area (Å²) in [5, 5.41) is 11.6. The summed E-state index contributed by atoms with van der Waals surface area (Å²) in [5.74, 6) is 0.123. The van der Waals surface area contributed by atoms with E-state index in [2.05, 4.69) is 5.43 Å². The zero-order valence-electron chi connectivity index (χ0n) is 12.9. The second kappa shape index (κ2) is 8.54. The minimum Gasteiger partial charge on any atom is -0.409 e. The highest BCUT2D eigenvalue weighted by Gasteiger charge is 2.19. The smallest absolute Gasteiger partial charge is 0.409 e. The van der Waals surface area contributed by atoms with E-state index in [0.29, 0.717) is 13.0 Å². The second-order valence-corrected chi connectivity index (χ2v) is 4.72. The third kappa shape index (κ3) is 5.79. The summed E-state index contributed by atoms with van der Waals surface area (Å²) in [4.78, 5) is 35.0. The zero-order valence-corrected chi connectivity index (χ0v) is 12.9. The van der Waals surface area contributed by atoms with Crippen LogP contribution in [-0.2, 0) is 0 Å². The molecule has 3 N–H and O–H groups in total. The van der Waals surface area contributed by atoms with E-state index in [1.807, 2.05) is 0 Å². The Balaban J connectivity index is 2.75. The molecule has 0 unspecified atom stereocenters. The van der Waals surface area contributed by atoms with Crippen LogP contribution in [0.25, 0.3) is 0 Å². The number of nitro groups is 1. The molecule has 0 aromatic heterocycles. The topological polar surface area (TPSA) is 131 Å². The molecule has 0 atom stereocenters. The highest BCUT2D eigenvalue weighted by Crippen LogP contribution is 2.17. The minimum atomic E-state index is -0.817. The van der Waals surface area contributed by atoms with Crippen LogP contribution in [0, 0.1) is 10.1 Å². The quantitative estimate of drug-likeness (QED) is 0.611. The molecule has 0 radical (unpaired) electrons. The van der Waals surface area contributed by atoms with E-state index in [1.54, 1.807) is 0 Å². The Bertz CT molecular complexity index is 560. The molecule has 3 amide bonds. The number of urea groups is 1. The van der Waals surface area contributed by atoms with Gasteiger partial charge >= 0.3 is 12.1 Å². The molecule has 0 spiro atoms. The number of amides is 3. The molecule has 1 rings (SSSR count). The van der Waals surface area contributed by atoms with E-state index in [9.17, 15) is 19.7 Å². The number of ether oxygens (including phenoxy) is 1. The van der Waals surface area contributed by atoms with Gasteiger partial charge in [0.05, 0.1) is 4.92 Å². The Hall–Kier alpha value is -2.88. The molecular weight excluding hydrogens is 306 g/mol. The molecule has 0 aliphatic heterocycles. The normalized spacial score (nSPS) is 9.87. The van der Waals surface area contributed by atoms with E-state index in [-0.39, 0.29) is 18.0 Å². The van der Waals surface area contributed by atoms with Crippen LogP contribution in [0.3, 0.4) is 0 Å². The summed E-state index contributed by atoms with van der Waals surface area (Å²) in [7, 11) is 3.05. The standard InChI is InChI=1S/C13H19N5O5/c1-16(2)12(19)15-17(9-3-8-14)13(20)23-11-6-4-10(5-7-11)18(21)22/h4-7H,3,8-9,14H2,1-2H3,(H,15,19). The lowest BCUT2D eigenvalue weighted by Crippen LogP contribution is -2.51. The van der Waals surface area contributed by atoms with Crippen molar-refractivity contribution in [3.63, 3.8) is 0 Å². The van der Waals surface area contributed by atoms with E-state index in [0.717, 1.165) is 5.01 Å². The van der Waals surface area contributed by atoms with Crippen LogP contribution < -0.4 is 15.9 Å². The SMILES string of the molecule is CN(C)C(=O)NN(CCCN)C(=O)Oc1ccc([N+](=O)[O-])cc1. The molecule has 0 fully saturated rings. The average molecular weight is 325 g/mol. The van der Waals surface area contributed by atoms with Gasteiger partial charge in [0, 0.05) is 32.8 Å². The van der Waals surface area contributed by atoms with Crippen molar-refractivity contribution in [3.8, 4) is 5.75 Å². The van der Waals surface area contributed by atoms with Gasteiger partial charge in [-0.2, -0.15) is 0 Å². The number of nitrogens with zero attached hydrogens (tertiary/aromatic N) is 3. The van der Waals surface area contributed by atoms with Crippen LogP contribution in [0.2, 0.25) is 0 Å². The summed E-state index contributed by atoms with van der Waals surface area (Å²) in [6.45, 7) is 0.501. The fraction of sp³-hybridized carbons (Fsp3) is 0.385. The number of hydrogen-bond donors (Lipinski definition) is 2. The van der Waals surface area contributed by atoms with E-state index in [4.69, 9.17) is 10.5 Å². The Labute approximate surface area is 132 Å². The molecule has 126 valence electrons. The van der Waals surface area contributed by atoms with E-state index >= 15 is 0 Å². The van der Waals surface area contributed by atoms with Gasteiger partial charge in [-0.3, -0.25) is 10.1 Å². The maximum Gasteiger partial charge on any atom is 0.434 e. The van der Waals surface area contributed by atoms with Crippen LogP contribution in [0.4, 0.5) is 15.3 Å². The van der Waals surface area contributed by atoms with Crippen molar-refractivity contribution in [2.45, 2.75) is 6.42 Å². The Kier molecular flexibility index (Phi) is 6.74. The number of benzene rings is 1. The van der Waals surface area contributed by atoms with Gasteiger partial charge in [-0.05, 0) is 25.1 Å². The molecule has 0 saturated carbocycles. The summed E-state index contributed by atoms with van der Waals surface area (Å²) in [6, 6.07) is 4.52. The molecule has 1 aromatic rings. The molecule has 0 aliphatic rings. The third-order valence-electron chi connectivity index (χ3n) is 2.70. The number of hydrazine groups is 1.